The fourth-order valence-corrected chi connectivity index (χ4v) is 3.23. The first-order chi connectivity index (χ1) is 15.2. The molecule has 0 saturated heterocycles. The molecule has 0 fully saturated rings. The van der Waals surface area contributed by atoms with Gasteiger partial charge >= 0.3 is 12.1 Å². The van der Waals surface area contributed by atoms with E-state index >= 15 is 0 Å². The van der Waals surface area contributed by atoms with Crippen molar-refractivity contribution in [3.8, 4) is 11.3 Å². The van der Waals surface area contributed by atoms with Crippen molar-refractivity contribution in [2.75, 3.05) is 5.32 Å². The van der Waals surface area contributed by atoms with Crippen LogP contribution < -0.4 is 5.32 Å². The van der Waals surface area contributed by atoms with Gasteiger partial charge in [-0.05, 0) is 48.5 Å². The van der Waals surface area contributed by atoms with Gasteiger partial charge in [-0.3, -0.25) is 4.79 Å². The third-order valence-corrected chi connectivity index (χ3v) is 4.87. The number of carbonyl (C=O) groups excluding carboxylic acids is 1. The number of nitrogens with one attached hydrogen (secondary N) is 1. The highest BCUT2D eigenvalue weighted by molar-refractivity contribution is 6.09. The lowest BCUT2D eigenvalue weighted by Gasteiger charge is -2.10. The Kier molecular flexibility index (Phi) is 5.36. The van der Waals surface area contributed by atoms with Crippen molar-refractivity contribution in [3.05, 3.63) is 95.6 Å². The predicted molar refractivity (Wildman–Crippen MR) is 114 cm³/mol. The number of fused-ring (bicyclic) bond motifs is 1. The minimum atomic E-state index is -4.41. The monoisotopic (exact) mass is 436 g/mol. The Bertz CT molecular complexity index is 1330. The molecule has 0 saturated carbocycles. The van der Waals surface area contributed by atoms with E-state index in [9.17, 15) is 27.9 Å². The molecular weight excluding hydrogens is 421 g/mol. The molecule has 0 atom stereocenters. The molecule has 1 aromatic heterocycles. The van der Waals surface area contributed by atoms with Gasteiger partial charge in [-0.1, -0.05) is 30.3 Å². The molecule has 3 aromatic carbocycles. The first-order valence-corrected chi connectivity index (χ1v) is 9.44. The van der Waals surface area contributed by atoms with Gasteiger partial charge < -0.3 is 10.4 Å². The summed E-state index contributed by atoms with van der Waals surface area (Å²) >= 11 is 0. The maximum absolute atomic E-state index is 12.8. The number of halogens is 3. The number of carboxylic acid groups (broad SMARTS) is 1. The van der Waals surface area contributed by atoms with Gasteiger partial charge in [0.1, 0.15) is 0 Å². The number of carboxylic acids is 1. The van der Waals surface area contributed by atoms with E-state index in [0.717, 1.165) is 12.1 Å². The van der Waals surface area contributed by atoms with Crippen LogP contribution in [0.1, 0.15) is 26.3 Å². The van der Waals surface area contributed by atoms with Gasteiger partial charge in [0.15, 0.2) is 0 Å². The summed E-state index contributed by atoms with van der Waals surface area (Å²) in [6, 6.07) is 19.0. The van der Waals surface area contributed by atoms with Crippen LogP contribution in [0, 0.1) is 0 Å². The maximum Gasteiger partial charge on any atom is 0.416 e. The molecular formula is C24H15F3N2O3. The predicted octanol–water partition coefficient (Wildman–Crippen LogP) is 5.87. The quantitative estimate of drug-likeness (QED) is 0.419. The molecule has 0 radical (unpaired) electrons. The smallest absolute Gasteiger partial charge is 0.416 e. The SMILES string of the molecule is O=C(Nc1ccccc1C(=O)O)c1ccc2nc(-c3ccc(C(F)(F)F)cc3)ccc2c1. The second-order valence-corrected chi connectivity index (χ2v) is 6.98. The maximum atomic E-state index is 12.8. The molecule has 1 heterocycles. The molecule has 160 valence electrons. The van der Waals surface area contributed by atoms with E-state index in [-0.39, 0.29) is 11.3 Å². The first-order valence-electron chi connectivity index (χ1n) is 9.44. The number of hydrogen-bond donors (Lipinski definition) is 2. The Morgan fingerprint density at radius 1 is 0.875 bits per heavy atom. The van der Waals surface area contributed by atoms with Crippen LogP contribution >= 0.6 is 0 Å². The zero-order valence-electron chi connectivity index (χ0n) is 16.4. The summed E-state index contributed by atoms with van der Waals surface area (Å²) < 4.78 is 38.3. The first kappa shape index (κ1) is 21.0. The third kappa shape index (κ3) is 4.29. The highest BCUT2D eigenvalue weighted by Gasteiger charge is 2.30. The molecule has 0 bridgehead atoms. The molecule has 0 spiro atoms. The molecule has 2 N–H and O–H groups in total. The average Bonchev–Trinajstić information content (AvgIpc) is 2.78. The Morgan fingerprint density at radius 2 is 1.59 bits per heavy atom. The topological polar surface area (TPSA) is 79.3 Å². The van der Waals surface area contributed by atoms with Gasteiger partial charge in [-0.2, -0.15) is 13.2 Å². The number of pyridine rings is 1. The third-order valence-electron chi connectivity index (χ3n) is 4.87. The van der Waals surface area contributed by atoms with Crippen molar-refractivity contribution in [1.29, 1.82) is 0 Å². The van der Waals surface area contributed by atoms with Crippen LogP contribution in [0.4, 0.5) is 18.9 Å². The van der Waals surface area contributed by atoms with Gasteiger partial charge in [0.2, 0.25) is 0 Å². The molecule has 32 heavy (non-hydrogen) atoms. The van der Waals surface area contributed by atoms with E-state index in [1.54, 1.807) is 42.5 Å². The van der Waals surface area contributed by atoms with Crippen molar-refractivity contribution in [3.63, 3.8) is 0 Å². The fraction of sp³-hybridized carbons (Fsp3) is 0.0417. The number of hydrogen-bond acceptors (Lipinski definition) is 3. The number of carbonyl (C=O) groups is 2. The zero-order chi connectivity index (χ0) is 22.9. The van der Waals surface area contributed by atoms with E-state index in [4.69, 9.17) is 0 Å². The van der Waals surface area contributed by atoms with E-state index < -0.39 is 23.6 Å². The van der Waals surface area contributed by atoms with Crippen LogP contribution in [0.5, 0.6) is 0 Å². The normalized spacial score (nSPS) is 11.3. The number of anilines is 1. The average molecular weight is 436 g/mol. The van der Waals surface area contributed by atoms with E-state index in [0.29, 0.717) is 27.7 Å². The molecule has 0 unspecified atom stereocenters. The number of aromatic nitrogens is 1. The van der Waals surface area contributed by atoms with Gasteiger partial charge in [-0.25, -0.2) is 9.78 Å². The lowest BCUT2D eigenvalue weighted by Crippen LogP contribution is -2.14. The number of aromatic carboxylic acids is 1. The Labute approximate surface area is 180 Å². The van der Waals surface area contributed by atoms with E-state index in [2.05, 4.69) is 10.3 Å². The number of nitrogens with zero attached hydrogens (tertiary/aromatic N) is 1. The summed E-state index contributed by atoms with van der Waals surface area (Å²) in [6.07, 6.45) is -4.41. The molecule has 8 heteroatoms. The van der Waals surface area contributed by atoms with Crippen molar-refractivity contribution in [2.45, 2.75) is 6.18 Å². The summed E-state index contributed by atoms with van der Waals surface area (Å²) in [5.74, 6) is -1.63. The van der Waals surface area contributed by atoms with Crippen LogP contribution in [0.3, 0.4) is 0 Å². The minimum absolute atomic E-state index is 0.0236. The molecule has 0 aliphatic heterocycles. The molecule has 1 amide bonds. The number of rotatable bonds is 4. The standard InChI is InChI=1S/C24H15F3N2O3/c25-24(26,27)17-9-5-14(6-10-17)19-11-7-15-13-16(8-12-20(15)28-19)22(30)29-21-4-2-1-3-18(21)23(31)32/h1-13H,(H,29,30)(H,31,32). The van der Waals surface area contributed by atoms with Gasteiger partial charge in [-0.15, -0.1) is 0 Å². The van der Waals surface area contributed by atoms with E-state index in [1.165, 1.54) is 24.3 Å². The van der Waals surface area contributed by atoms with Crippen LogP contribution in [-0.2, 0) is 6.18 Å². The summed E-state index contributed by atoms with van der Waals surface area (Å²) in [4.78, 5) is 28.4. The number of amides is 1. The summed E-state index contributed by atoms with van der Waals surface area (Å²) in [6.45, 7) is 0. The summed E-state index contributed by atoms with van der Waals surface area (Å²) in [5, 5.41) is 12.5. The number of alkyl halides is 3. The molecule has 0 aliphatic carbocycles. The van der Waals surface area contributed by atoms with Gasteiger partial charge in [0, 0.05) is 16.5 Å². The lowest BCUT2D eigenvalue weighted by molar-refractivity contribution is -0.137. The fourth-order valence-electron chi connectivity index (χ4n) is 3.23. The Morgan fingerprint density at radius 3 is 2.28 bits per heavy atom. The largest absolute Gasteiger partial charge is 0.478 e. The van der Waals surface area contributed by atoms with E-state index in [1.807, 2.05) is 0 Å². The highest BCUT2D eigenvalue weighted by atomic mass is 19.4. The second-order valence-electron chi connectivity index (χ2n) is 6.98. The lowest BCUT2D eigenvalue weighted by atomic mass is 10.1. The second kappa shape index (κ2) is 8.14. The molecule has 4 rings (SSSR count). The highest BCUT2D eigenvalue weighted by Crippen LogP contribution is 2.31. The molecule has 5 nitrogen and oxygen atoms in total. The number of para-hydroxylation sites is 1. The van der Waals surface area contributed by atoms with Gasteiger partial charge in [0.25, 0.3) is 5.91 Å². The Balaban J connectivity index is 1.59. The van der Waals surface area contributed by atoms with Gasteiger partial charge in [0.05, 0.1) is 28.0 Å². The Hall–Kier alpha value is -4.20. The van der Waals surface area contributed by atoms with Crippen molar-refractivity contribution in [2.24, 2.45) is 0 Å². The summed E-state index contributed by atoms with van der Waals surface area (Å²) in [7, 11) is 0. The van der Waals surface area contributed by atoms with Crippen molar-refractivity contribution >= 4 is 28.5 Å². The van der Waals surface area contributed by atoms with Crippen LogP contribution in [0.15, 0.2) is 78.9 Å². The number of benzene rings is 3. The van der Waals surface area contributed by atoms with Crippen LogP contribution in [0.2, 0.25) is 0 Å². The van der Waals surface area contributed by atoms with Crippen molar-refractivity contribution in [1.82, 2.24) is 4.98 Å². The molecule has 4 aromatic rings. The van der Waals surface area contributed by atoms with Crippen LogP contribution in [-0.4, -0.2) is 22.0 Å². The minimum Gasteiger partial charge on any atom is -0.478 e. The summed E-state index contributed by atoms with van der Waals surface area (Å²) in [5.41, 5.74) is 1.32. The molecule has 0 aliphatic rings. The van der Waals surface area contributed by atoms with Crippen molar-refractivity contribution < 1.29 is 27.9 Å². The zero-order valence-corrected chi connectivity index (χ0v) is 16.4. The van der Waals surface area contributed by atoms with Crippen LogP contribution in [0.25, 0.3) is 22.2 Å².